The van der Waals surface area contributed by atoms with Gasteiger partial charge in [0.2, 0.25) is 5.91 Å². The normalized spacial score (nSPS) is 20.0. The summed E-state index contributed by atoms with van der Waals surface area (Å²) in [7, 11) is 0. The highest BCUT2D eigenvalue weighted by molar-refractivity contribution is 5.79. The Kier molecular flexibility index (Phi) is 6.44. The molecular weight excluding hydrogens is 376 g/mol. The molecule has 1 amide bonds. The van der Waals surface area contributed by atoms with Crippen LogP contribution in [0.15, 0.2) is 24.3 Å². The molecule has 1 atom stereocenters. The maximum absolute atomic E-state index is 12.7. The summed E-state index contributed by atoms with van der Waals surface area (Å²) in [5.41, 5.74) is 5.60. The molecule has 1 aromatic carbocycles. The first kappa shape index (κ1) is 20.9. The zero-order valence-electron chi connectivity index (χ0n) is 18.4. The summed E-state index contributed by atoms with van der Waals surface area (Å²) >= 11 is 0. The molecule has 3 heterocycles. The number of aryl methyl sites for hydroxylation is 3. The van der Waals surface area contributed by atoms with Crippen LogP contribution in [0.5, 0.6) is 0 Å². The van der Waals surface area contributed by atoms with Crippen molar-refractivity contribution in [2.75, 3.05) is 39.4 Å². The lowest BCUT2D eigenvalue weighted by atomic mass is 10.0. The maximum Gasteiger partial charge on any atom is 0.227 e. The van der Waals surface area contributed by atoms with Crippen LogP contribution in [0.4, 0.5) is 0 Å². The summed E-state index contributed by atoms with van der Waals surface area (Å²) in [6.45, 7) is 11.8. The summed E-state index contributed by atoms with van der Waals surface area (Å²) in [6, 6.07) is 8.60. The Hall–Kier alpha value is -2.31. The van der Waals surface area contributed by atoms with Crippen molar-refractivity contribution in [3.8, 4) is 0 Å². The van der Waals surface area contributed by atoms with E-state index in [0.717, 1.165) is 48.8 Å². The van der Waals surface area contributed by atoms with Crippen molar-refractivity contribution in [1.29, 1.82) is 0 Å². The van der Waals surface area contributed by atoms with E-state index in [1.165, 1.54) is 11.1 Å². The largest absolute Gasteiger partial charge is 0.378 e. The second-order valence-electron chi connectivity index (χ2n) is 8.55. The summed E-state index contributed by atoms with van der Waals surface area (Å²) in [5.74, 6) is 1.43. The van der Waals surface area contributed by atoms with E-state index in [1.807, 2.05) is 18.7 Å². The van der Waals surface area contributed by atoms with Crippen molar-refractivity contribution in [2.24, 2.45) is 0 Å². The third-order valence-electron chi connectivity index (χ3n) is 6.42. The van der Waals surface area contributed by atoms with E-state index in [-0.39, 0.29) is 5.91 Å². The van der Waals surface area contributed by atoms with Crippen molar-refractivity contribution in [2.45, 2.75) is 46.1 Å². The molecule has 2 aromatic rings. The Labute approximate surface area is 179 Å². The predicted molar refractivity (Wildman–Crippen MR) is 116 cm³/mol. The van der Waals surface area contributed by atoms with E-state index in [1.54, 1.807) is 0 Å². The standard InChI is InChI=1S/C24H32N4O2/c1-17-6-4-5-7-20(17)15-27-9-8-21(16-27)24-25-18(2)22(19(3)26-24)14-23(29)28-10-12-30-13-11-28/h4-7,21H,8-16H2,1-3H3/t21-/m0/s1. The molecule has 2 fully saturated rings. The van der Waals surface area contributed by atoms with Crippen LogP contribution in [0.25, 0.3) is 0 Å². The van der Waals surface area contributed by atoms with Gasteiger partial charge in [-0.15, -0.1) is 0 Å². The molecule has 4 rings (SSSR count). The van der Waals surface area contributed by atoms with Crippen LogP contribution >= 0.6 is 0 Å². The number of hydrogen-bond donors (Lipinski definition) is 0. The molecule has 0 radical (unpaired) electrons. The van der Waals surface area contributed by atoms with E-state index in [0.29, 0.717) is 38.6 Å². The van der Waals surface area contributed by atoms with E-state index < -0.39 is 0 Å². The first-order chi connectivity index (χ1) is 14.5. The van der Waals surface area contributed by atoms with E-state index >= 15 is 0 Å². The fourth-order valence-electron chi connectivity index (χ4n) is 4.50. The summed E-state index contributed by atoms with van der Waals surface area (Å²) in [5, 5.41) is 0. The number of ether oxygens (including phenoxy) is 1. The first-order valence-corrected chi connectivity index (χ1v) is 11.0. The van der Waals surface area contributed by atoms with Crippen LogP contribution in [0.3, 0.4) is 0 Å². The molecule has 0 unspecified atom stereocenters. The van der Waals surface area contributed by atoms with Crippen molar-refractivity contribution < 1.29 is 9.53 Å². The Balaban J connectivity index is 1.41. The number of likely N-dealkylation sites (tertiary alicyclic amines) is 1. The maximum atomic E-state index is 12.7. The van der Waals surface area contributed by atoms with Gasteiger partial charge in [-0.1, -0.05) is 24.3 Å². The molecule has 30 heavy (non-hydrogen) atoms. The van der Waals surface area contributed by atoms with Crippen LogP contribution in [0.1, 0.15) is 46.2 Å². The van der Waals surface area contributed by atoms with Gasteiger partial charge >= 0.3 is 0 Å². The third kappa shape index (κ3) is 4.71. The van der Waals surface area contributed by atoms with Gasteiger partial charge in [0.05, 0.1) is 19.6 Å². The van der Waals surface area contributed by atoms with Gasteiger partial charge in [-0.05, 0) is 44.9 Å². The van der Waals surface area contributed by atoms with Gasteiger partial charge in [-0.2, -0.15) is 0 Å². The highest BCUT2D eigenvalue weighted by Crippen LogP contribution is 2.28. The minimum atomic E-state index is 0.145. The molecule has 6 heteroatoms. The Morgan fingerprint density at radius 1 is 1.07 bits per heavy atom. The second kappa shape index (κ2) is 9.23. The van der Waals surface area contributed by atoms with Crippen molar-refractivity contribution in [3.63, 3.8) is 0 Å². The summed E-state index contributed by atoms with van der Waals surface area (Å²) < 4.78 is 5.35. The lowest BCUT2D eigenvalue weighted by Crippen LogP contribution is -2.41. The smallest absolute Gasteiger partial charge is 0.227 e. The van der Waals surface area contributed by atoms with E-state index in [2.05, 4.69) is 36.1 Å². The molecule has 0 spiro atoms. The first-order valence-electron chi connectivity index (χ1n) is 11.0. The zero-order chi connectivity index (χ0) is 21.1. The molecule has 0 N–H and O–H groups in total. The van der Waals surface area contributed by atoms with Gasteiger partial charge in [0.1, 0.15) is 5.82 Å². The number of carbonyl (C=O) groups is 1. The van der Waals surface area contributed by atoms with Gasteiger partial charge in [-0.25, -0.2) is 9.97 Å². The molecular formula is C24H32N4O2. The number of aromatic nitrogens is 2. The van der Waals surface area contributed by atoms with Crippen LogP contribution in [0, 0.1) is 20.8 Å². The molecule has 2 saturated heterocycles. The van der Waals surface area contributed by atoms with Crippen molar-refractivity contribution >= 4 is 5.91 Å². The second-order valence-corrected chi connectivity index (χ2v) is 8.55. The predicted octanol–water partition coefficient (Wildman–Crippen LogP) is 2.79. The Morgan fingerprint density at radius 3 is 2.47 bits per heavy atom. The van der Waals surface area contributed by atoms with Gasteiger partial charge in [0.25, 0.3) is 0 Å². The van der Waals surface area contributed by atoms with Crippen molar-refractivity contribution in [3.05, 3.63) is 58.2 Å². The topological polar surface area (TPSA) is 58.6 Å². The van der Waals surface area contributed by atoms with Crippen LogP contribution in [-0.2, 0) is 22.5 Å². The number of amides is 1. The molecule has 0 bridgehead atoms. The van der Waals surface area contributed by atoms with Crippen LogP contribution < -0.4 is 0 Å². The average molecular weight is 409 g/mol. The van der Waals surface area contributed by atoms with E-state index in [9.17, 15) is 4.79 Å². The Morgan fingerprint density at radius 2 is 1.77 bits per heavy atom. The number of morpholine rings is 1. The molecule has 1 aromatic heterocycles. The van der Waals surface area contributed by atoms with Gasteiger partial charge < -0.3 is 9.64 Å². The number of carbonyl (C=O) groups excluding carboxylic acids is 1. The summed E-state index contributed by atoms with van der Waals surface area (Å²) in [6.07, 6.45) is 1.46. The van der Waals surface area contributed by atoms with Gasteiger partial charge in [0.15, 0.2) is 0 Å². The molecule has 0 aliphatic carbocycles. The monoisotopic (exact) mass is 408 g/mol. The molecule has 2 aliphatic rings. The Bertz CT molecular complexity index is 885. The summed E-state index contributed by atoms with van der Waals surface area (Å²) in [4.78, 5) is 26.7. The minimum absolute atomic E-state index is 0.145. The third-order valence-corrected chi connectivity index (χ3v) is 6.42. The SMILES string of the molecule is Cc1ccccc1CN1CC[C@H](c2nc(C)c(CC(=O)N3CCOCC3)c(C)n2)C1. The number of benzene rings is 1. The number of nitrogens with zero attached hydrogens (tertiary/aromatic N) is 4. The lowest BCUT2D eigenvalue weighted by molar-refractivity contribution is -0.134. The van der Waals surface area contributed by atoms with Gasteiger partial charge in [0, 0.05) is 49.0 Å². The molecule has 0 saturated carbocycles. The fraction of sp³-hybridized carbons (Fsp3) is 0.542. The number of rotatable bonds is 5. The molecule has 2 aliphatic heterocycles. The lowest BCUT2D eigenvalue weighted by Gasteiger charge is -2.27. The zero-order valence-corrected chi connectivity index (χ0v) is 18.4. The van der Waals surface area contributed by atoms with Crippen LogP contribution in [0.2, 0.25) is 0 Å². The quantitative estimate of drug-likeness (QED) is 0.761. The van der Waals surface area contributed by atoms with Gasteiger partial charge in [-0.3, -0.25) is 9.69 Å². The van der Waals surface area contributed by atoms with Crippen molar-refractivity contribution in [1.82, 2.24) is 19.8 Å². The molecule has 6 nitrogen and oxygen atoms in total. The van der Waals surface area contributed by atoms with E-state index in [4.69, 9.17) is 14.7 Å². The number of hydrogen-bond acceptors (Lipinski definition) is 5. The van der Waals surface area contributed by atoms with Crippen LogP contribution in [-0.4, -0.2) is 65.1 Å². The average Bonchev–Trinajstić information content (AvgIpc) is 3.21. The molecule has 160 valence electrons. The fourth-order valence-corrected chi connectivity index (χ4v) is 4.50. The minimum Gasteiger partial charge on any atom is -0.378 e. The highest BCUT2D eigenvalue weighted by Gasteiger charge is 2.28. The highest BCUT2D eigenvalue weighted by atomic mass is 16.5.